The highest BCUT2D eigenvalue weighted by Crippen LogP contribution is 2.23. The van der Waals surface area contributed by atoms with Crippen molar-refractivity contribution >= 4 is 34.1 Å². The first-order chi connectivity index (χ1) is 12.6. The maximum atomic E-state index is 12.2. The van der Waals surface area contributed by atoms with Crippen molar-refractivity contribution in [2.45, 2.75) is 25.7 Å². The minimum absolute atomic E-state index is 0.164. The zero-order valence-electron chi connectivity index (χ0n) is 14.2. The lowest BCUT2D eigenvalue weighted by atomic mass is 10.2. The molecule has 2 amide bonds. The molecule has 0 spiro atoms. The normalized spacial score (nSPS) is 14.5. The third-order valence-electron chi connectivity index (χ3n) is 4.07. The first kappa shape index (κ1) is 18.2. The van der Waals surface area contributed by atoms with E-state index < -0.39 is 11.9 Å². The maximum absolute atomic E-state index is 12.2. The number of nitrogens with zero attached hydrogens (tertiary/aromatic N) is 1. The van der Waals surface area contributed by atoms with E-state index in [0.29, 0.717) is 9.88 Å². The Morgan fingerprint density at radius 1 is 1.12 bits per heavy atom. The third-order valence-corrected chi connectivity index (χ3v) is 5.06. The van der Waals surface area contributed by atoms with Crippen molar-refractivity contribution in [3.63, 3.8) is 0 Å². The quantitative estimate of drug-likeness (QED) is 0.810. The summed E-state index contributed by atoms with van der Waals surface area (Å²) >= 11 is 1.08. The molecular formula is C18H20N2O5S. The second-order valence-corrected chi connectivity index (χ2v) is 7.05. The number of anilines is 1. The van der Waals surface area contributed by atoms with Crippen LogP contribution >= 0.6 is 11.3 Å². The number of amides is 2. The van der Waals surface area contributed by atoms with Crippen LogP contribution in [-0.4, -0.2) is 42.4 Å². The molecule has 0 aromatic carbocycles. The smallest absolute Gasteiger partial charge is 0.348 e. The van der Waals surface area contributed by atoms with E-state index in [1.807, 2.05) is 0 Å². The van der Waals surface area contributed by atoms with Gasteiger partial charge in [0.25, 0.3) is 11.8 Å². The Morgan fingerprint density at radius 2 is 1.88 bits per heavy atom. The fourth-order valence-electron chi connectivity index (χ4n) is 2.71. The maximum Gasteiger partial charge on any atom is 0.348 e. The molecule has 0 saturated carbocycles. The Labute approximate surface area is 154 Å². The molecule has 7 nitrogen and oxygen atoms in total. The molecule has 1 aliphatic rings. The van der Waals surface area contributed by atoms with Gasteiger partial charge in [0.05, 0.1) is 11.3 Å². The van der Waals surface area contributed by atoms with Crippen molar-refractivity contribution in [1.82, 2.24) is 4.90 Å². The number of esters is 1. The molecule has 1 N–H and O–H groups in total. The summed E-state index contributed by atoms with van der Waals surface area (Å²) in [5.41, 5.74) is 0. The molecule has 3 rings (SSSR count). The zero-order chi connectivity index (χ0) is 18.4. The molecule has 0 aliphatic carbocycles. The molecule has 0 atom stereocenters. The zero-order valence-corrected chi connectivity index (χ0v) is 15.0. The van der Waals surface area contributed by atoms with Crippen LogP contribution in [0.25, 0.3) is 0 Å². The van der Waals surface area contributed by atoms with Crippen molar-refractivity contribution in [3.8, 4) is 0 Å². The van der Waals surface area contributed by atoms with Gasteiger partial charge >= 0.3 is 5.97 Å². The second-order valence-electron chi connectivity index (χ2n) is 5.97. The van der Waals surface area contributed by atoms with E-state index in [4.69, 9.17) is 9.15 Å². The van der Waals surface area contributed by atoms with E-state index in [1.165, 1.54) is 6.26 Å². The number of ether oxygens (including phenoxy) is 1. The van der Waals surface area contributed by atoms with Crippen LogP contribution in [0.3, 0.4) is 0 Å². The number of nitrogens with one attached hydrogen (secondary N) is 1. The minimum atomic E-state index is -0.573. The summed E-state index contributed by atoms with van der Waals surface area (Å²) in [6.07, 6.45) is 5.65. The molecule has 0 unspecified atom stereocenters. The summed E-state index contributed by atoms with van der Waals surface area (Å²) in [7, 11) is 0. The first-order valence-corrected chi connectivity index (χ1v) is 9.35. The van der Waals surface area contributed by atoms with Crippen molar-refractivity contribution in [1.29, 1.82) is 0 Å². The number of furan rings is 1. The summed E-state index contributed by atoms with van der Waals surface area (Å²) in [4.78, 5) is 38.3. The lowest BCUT2D eigenvalue weighted by molar-refractivity contribution is -0.134. The Balaban J connectivity index is 1.50. The Morgan fingerprint density at radius 3 is 2.58 bits per heavy atom. The van der Waals surface area contributed by atoms with Gasteiger partial charge in [0.15, 0.2) is 12.4 Å². The van der Waals surface area contributed by atoms with Gasteiger partial charge in [-0.2, -0.15) is 0 Å². The van der Waals surface area contributed by atoms with Gasteiger partial charge in [-0.1, -0.05) is 12.8 Å². The predicted molar refractivity (Wildman–Crippen MR) is 96.3 cm³/mol. The van der Waals surface area contributed by atoms with E-state index in [-0.39, 0.29) is 18.3 Å². The minimum Gasteiger partial charge on any atom is -0.459 e. The highest BCUT2D eigenvalue weighted by Gasteiger charge is 2.19. The van der Waals surface area contributed by atoms with Crippen molar-refractivity contribution in [2.75, 3.05) is 25.0 Å². The van der Waals surface area contributed by atoms with Crippen molar-refractivity contribution in [3.05, 3.63) is 41.2 Å². The molecule has 8 heteroatoms. The highest BCUT2D eigenvalue weighted by molar-refractivity contribution is 7.18. The highest BCUT2D eigenvalue weighted by atomic mass is 32.1. The van der Waals surface area contributed by atoms with Crippen LogP contribution in [-0.2, 0) is 9.53 Å². The molecule has 2 aromatic rings. The van der Waals surface area contributed by atoms with E-state index in [0.717, 1.165) is 50.1 Å². The molecular weight excluding hydrogens is 356 g/mol. The van der Waals surface area contributed by atoms with Gasteiger partial charge in [0, 0.05) is 13.1 Å². The van der Waals surface area contributed by atoms with Crippen LogP contribution in [0.1, 0.15) is 45.9 Å². The summed E-state index contributed by atoms with van der Waals surface area (Å²) in [6.45, 7) is 1.18. The van der Waals surface area contributed by atoms with Crippen LogP contribution in [0.2, 0.25) is 0 Å². The lowest BCUT2D eigenvalue weighted by Crippen LogP contribution is -2.35. The Bertz CT molecular complexity index is 760. The molecule has 1 aliphatic heterocycles. The van der Waals surface area contributed by atoms with E-state index in [9.17, 15) is 14.4 Å². The summed E-state index contributed by atoms with van der Waals surface area (Å²) in [5.74, 6) is -0.946. The van der Waals surface area contributed by atoms with Crippen LogP contribution in [0.5, 0.6) is 0 Å². The van der Waals surface area contributed by atoms with E-state index in [1.54, 1.807) is 29.2 Å². The summed E-state index contributed by atoms with van der Waals surface area (Å²) < 4.78 is 10.1. The fraction of sp³-hybridized carbons (Fsp3) is 0.389. The van der Waals surface area contributed by atoms with Crippen LogP contribution < -0.4 is 5.32 Å². The Hall–Kier alpha value is -2.61. The fourth-order valence-corrected chi connectivity index (χ4v) is 3.50. The van der Waals surface area contributed by atoms with Gasteiger partial charge in [0.2, 0.25) is 0 Å². The number of hydrogen-bond acceptors (Lipinski definition) is 6. The largest absolute Gasteiger partial charge is 0.459 e. The standard InChI is InChI=1S/C18H20N2O5S/c21-16(20-9-3-1-2-4-10-20)12-25-18(23)14-7-8-15(26-14)19-17(22)13-6-5-11-24-13/h5-8,11H,1-4,9-10,12H2,(H,19,22). The number of rotatable bonds is 5. The molecule has 3 heterocycles. The Kier molecular flexibility index (Phi) is 6.06. The van der Waals surface area contributed by atoms with Gasteiger partial charge in [-0.05, 0) is 37.1 Å². The van der Waals surface area contributed by atoms with Crippen LogP contribution in [0, 0.1) is 0 Å². The number of thiophene rings is 1. The molecule has 1 saturated heterocycles. The monoisotopic (exact) mass is 376 g/mol. The van der Waals surface area contributed by atoms with Crippen LogP contribution in [0.4, 0.5) is 5.00 Å². The molecule has 1 fully saturated rings. The van der Waals surface area contributed by atoms with Gasteiger partial charge in [-0.25, -0.2) is 4.79 Å². The van der Waals surface area contributed by atoms with Gasteiger partial charge in [0.1, 0.15) is 4.88 Å². The van der Waals surface area contributed by atoms with E-state index >= 15 is 0 Å². The van der Waals surface area contributed by atoms with Gasteiger partial charge in [-0.3, -0.25) is 9.59 Å². The van der Waals surface area contributed by atoms with Gasteiger partial charge < -0.3 is 19.4 Å². The van der Waals surface area contributed by atoms with E-state index in [2.05, 4.69) is 5.32 Å². The van der Waals surface area contributed by atoms with Crippen molar-refractivity contribution < 1.29 is 23.5 Å². The van der Waals surface area contributed by atoms with Crippen LogP contribution in [0.15, 0.2) is 34.9 Å². The molecule has 0 radical (unpaired) electrons. The summed E-state index contributed by atoms with van der Waals surface area (Å²) in [6, 6.07) is 6.33. The SMILES string of the molecule is O=C(Nc1ccc(C(=O)OCC(=O)N2CCCCCC2)s1)c1ccco1. The number of likely N-dealkylation sites (tertiary alicyclic amines) is 1. The number of hydrogen-bond donors (Lipinski definition) is 1. The molecule has 26 heavy (non-hydrogen) atoms. The van der Waals surface area contributed by atoms with Crippen molar-refractivity contribution in [2.24, 2.45) is 0 Å². The van der Waals surface area contributed by atoms with Gasteiger partial charge in [-0.15, -0.1) is 11.3 Å². The average Bonchev–Trinajstić information content (AvgIpc) is 3.26. The second kappa shape index (κ2) is 8.66. The number of carbonyl (C=O) groups is 3. The molecule has 2 aromatic heterocycles. The first-order valence-electron chi connectivity index (χ1n) is 8.53. The number of carbonyl (C=O) groups excluding carboxylic acids is 3. The third kappa shape index (κ3) is 4.72. The lowest BCUT2D eigenvalue weighted by Gasteiger charge is -2.19. The summed E-state index contributed by atoms with van der Waals surface area (Å²) in [5, 5.41) is 3.14. The average molecular weight is 376 g/mol. The topological polar surface area (TPSA) is 88.8 Å². The molecule has 0 bridgehead atoms. The predicted octanol–water partition coefficient (Wildman–Crippen LogP) is 3.15. The molecule has 138 valence electrons.